The molecule has 0 saturated carbocycles. The van der Waals surface area contributed by atoms with Crippen LogP contribution in [-0.2, 0) is 76.7 Å². The summed E-state index contributed by atoms with van der Waals surface area (Å²) < 4.78 is 0. The highest BCUT2D eigenvalue weighted by atomic mass is 16.4. The van der Waals surface area contributed by atoms with Crippen LogP contribution in [0.15, 0.2) is 0 Å². The minimum atomic E-state index is -1.17. The molecule has 12 amide bonds. The fraction of sp³-hybridized carbons (Fsp3) is 0.805. The second-order valence-corrected chi connectivity index (χ2v) is 32.7. The van der Waals surface area contributed by atoms with Crippen molar-refractivity contribution in [3.8, 4) is 0 Å². The van der Waals surface area contributed by atoms with E-state index in [1.807, 2.05) is 0 Å². The van der Waals surface area contributed by atoms with E-state index in [-0.39, 0.29) is 277 Å². The van der Waals surface area contributed by atoms with Crippen molar-refractivity contribution in [2.45, 2.75) is 162 Å². The van der Waals surface area contributed by atoms with Crippen molar-refractivity contribution >= 4 is 94.8 Å². The van der Waals surface area contributed by atoms with E-state index in [0.29, 0.717) is 65.4 Å². The predicted molar refractivity (Wildman–Crippen MR) is 455 cm³/mol. The summed E-state index contributed by atoms with van der Waals surface area (Å²) in [6.45, 7) is 35.0. The average Bonchev–Trinajstić information content (AvgIpc) is 0.907. The first kappa shape index (κ1) is 111. The van der Waals surface area contributed by atoms with Gasteiger partial charge in [-0.15, -0.1) is 0 Å². The third-order valence-electron chi connectivity index (χ3n) is 19.9. The van der Waals surface area contributed by atoms with Crippen LogP contribution in [0.3, 0.4) is 0 Å². The van der Waals surface area contributed by atoms with Gasteiger partial charge in [0.2, 0.25) is 70.9 Å². The predicted octanol–water partition coefficient (Wildman–Crippen LogP) is -0.250. The van der Waals surface area contributed by atoms with E-state index in [9.17, 15) is 97.1 Å². The van der Waals surface area contributed by atoms with Gasteiger partial charge in [-0.05, 0) is 0 Å². The molecule has 0 aromatic rings. The molecule has 0 aromatic heterocycles. The van der Waals surface area contributed by atoms with Crippen LogP contribution >= 0.6 is 0 Å². The van der Waals surface area contributed by atoms with Crippen molar-refractivity contribution in [3.63, 3.8) is 0 Å². The Morgan fingerprint density at radius 2 is 0.292 bits per heavy atom. The molecule has 0 heterocycles. The number of hydrogen-bond acceptors (Lipinski definition) is 22. The molecule has 38 nitrogen and oxygen atoms in total. The summed E-state index contributed by atoms with van der Waals surface area (Å²) in [6, 6.07) is 0. The van der Waals surface area contributed by atoms with Gasteiger partial charge in [-0.3, -0.25) is 106 Å². The Hall–Kier alpha value is -8.72. The maximum Gasteiger partial charge on any atom is 0.303 e. The van der Waals surface area contributed by atoms with E-state index < -0.39 is 73.2 Å². The van der Waals surface area contributed by atoms with E-state index in [2.05, 4.69) is 71.9 Å². The number of carboxylic acid groups (broad SMARTS) is 4. The summed E-state index contributed by atoms with van der Waals surface area (Å²) in [5.41, 5.74) is 0. The number of aliphatic carboxylic acids is 4. The van der Waals surface area contributed by atoms with Crippen LogP contribution in [0.5, 0.6) is 0 Å². The van der Waals surface area contributed by atoms with Crippen LogP contribution in [-0.4, -0.2) is 387 Å². The molecule has 120 heavy (non-hydrogen) atoms. The Morgan fingerprint density at radius 1 is 0.175 bits per heavy atom. The lowest BCUT2D eigenvalue weighted by Gasteiger charge is -2.35. The van der Waals surface area contributed by atoms with Gasteiger partial charge in [-0.1, -0.05) is 111 Å². The fourth-order valence-corrected chi connectivity index (χ4v) is 11.6. The van der Waals surface area contributed by atoms with Crippen molar-refractivity contribution in [2.24, 2.45) is 47.3 Å². The molecule has 0 spiro atoms. The van der Waals surface area contributed by atoms with E-state index in [1.165, 1.54) is 19.6 Å². The lowest BCUT2D eigenvalue weighted by atomic mass is 10.2. The van der Waals surface area contributed by atoms with Crippen molar-refractivity contribution in [1.82, 2.24) is 91.5 Å². The molecule has 0 aliphatic heterocycles. The first-order valence-electron chi connectivity index (χ1n) is 43.0. The minimum absolute atomic E-state index is 0.0654. The van der Waals surface area contributed by atoms with Gasteiger partial charge in [0.15, 0.2) is 0 Å². The largest absolute Gasteiger partial charge is 0.481 e. The summed E-state index contributed by atoms with van der Waals surface area (Å²) in [6.07, 6.45) is -2.96. The number of hydrogen-bond donors (Lipinski definition) is 12. The molecule has 0 rings (SSSR count). The molecule has 0 saturated heterocycles. The third-order valence-corrected chi connectivity index (χ3v) is 19.9. The average molecular weight is 1710 g/mol. The summed E-state index contributed by atoms with van der Waals surface area (Å²) in [7, 11) is 0. The number of nitrogens with one attached hydrogen (secondary N) is 8. The first-order valence-corrected chi connectivity index (χ1v) is 43.0. The van der Waals surface area contributed by atoms with Gasteiger partial charge in [0.25, 0.3) is 0 Å². The molecule has 0 aliphatic rings. The highest BCUT2D eigenvalue weighted by molar-refractivity contribution is 5.85. The molecule has 0 atom stereocenters. The van der Waals surface area contributed by atoms with E-state index in [0.717, 1.165) is 0 Å². The monoisotopic (exact) mass is 1710 g/mol. The summed E-state index contributed by atoms with van der Waals surface area (Å²) in [4.78, 5) is 225. The number of rotatable bonds is 71. The second kappa shape index (κ2) is 64.2. The standard InChI is InChI=1S/C82H152N18O20/c1-59(2)75(113)83-25-33-91(51-55-97(67(101)17-21-71(105)106)37-29-87-79(117)63(9)10)41-45-95(46-42-92(34-26-84-76(114)60(3)4)52-56-98(68(102)18-22-72(107)108)38-30-88-80(118)64(11)12)49-50-96(47-43-93(35-27-85-77(115)61(5)6)53-57-99(69(103)19-23-73(109)110)39-31-89-81(119)65(13)14)48-44-94(36-28-86-78(116)62(7)8)54-58-100(70(104)20-24-74(111)112)40-32-90-82(120)66(15)16/h59-66H,17-58H2,1-16H3,(H,83,113)(H,84,114)(H,85,115)(H,86,116)(H,87,117)(H,88,118)(H,89,119)(H,90,120)(H,105,106)(H,107,108)(H,109,110)(H,111,112). The zero-order valence-corrected chi connectivity index (χ0v) is 75.1. The normalized spacial score (nSPS) is 11.6. The number of nitrogens with zero attached hydrogens (tertiary/aromatic N) is 10. The smallest absolute Gasteiger partial charge is 0.303 e. The van der Waals surface area contributed by atoms with Crippen molar-refractivity contribution in [3.05, 3.63) is 0 Å². The number of carbonyl (C=O) groups excluding carboxylic acids is 12. The summed E-state index contributed by atoms with van der Waals surface area (Å²) in [5, 5.41) is 62.0. The van der Waals surface area contributed by atoms with Crippen molar-refractivity contribution < 1.29 is 97.1 Å². The topological polar surface area (TPSA) is 483 Å². The molecule has 0 aliphatic carbocycles. The van der Waals surface area contributed by atoms with E-state index >= 15 is 0 Å². The van der Waals surface area contributed by atoms with Gasteiger partial charge in [-0.2, -0.15) is 0 Å². The quantitative estimate of drug-likeness (QED) is 0.0373. The van der Waals surface area contributed by atoms with Gasteiger partial charge >= 0.3 is 23.9 Å². The Kier molecular flexibility index (Phi) is 59.5. The lowest BCUT2D eigenvalue weighted by molar-refractivity contribution is -0.141. The second-order valence-electron chi connectivity index (χ2n) is 32.7. The highest BCUT2D eigenvalue weighted by Gasteiger charge is 2.26. The molecule has 38 heteroatoms. The molecular formula is C82H152N18O20. The molecule has 12 N–H and O–H groups in total. The maximum atomic E-state index is 13.9. The Morgan fingerprint density at radius 3 is 0.417 bits per heavy atom. The zero-order valence-electron chi connectivity index (χ0n) is 75.1. The number of amides is 12. The van der Waals surface area contributed by atoms with Crippen LogP contribution in [0.1, 0.15) is 162 Å². The van der Waals surface area contributed by atoms with Crippen LogP contribution in [0.2, 0.25) is 0 Å². The first-order chi connectivity index (χ1) is 56.4. The van der Waals surface area contributed by atoms with Crippen LogP contribution < -0.4 is 42.5 Å². The van der Waals surface area contributed by atoms with E-state index in [1.54, 1.807) is 111 Å². The lowest BCUT2D eigenvalue weighted by Crippen LogP contribution is -2.50. The molecule has 0 bridgehead atoms. The molecule has 0 fully saturated rings. The highest BCUT2D eigenvalue weighted by Crippen LogP contribution is 2.10. The van der Waals surface area contributed by atoms with Gasteiger partial charge < -0.3 is 82.6 Å². The Balaban J connectivity index is 8.93. The molecule has 0 aromatic carbocycles. The van der Waals surface area contributed by atoms with E-state index in [4.69, 9.17) is 0 Å². The fourth-order valence-electron chi connectivity index (χ4n) is 11.6. The van der Waals surface area contributed by atoms with Gasteiger partial charge in [0.05, 0.1) is 25.7 Å². The SMILES string of the molecule is CC(C)C(=O)NCCN(CCN(CCN(CCN(CCNC(=O)C(C)C)CCN(CCNC(=O)C(C)C)C(=O)CCC(=O)O)CCN(CCNC(=O)C(C)C)CCN(CCNC(=O)C(C)C)C(=O)CCC(=O)O)CCN(CCNC(=O)C(C)C)CCN(CCNC(=O)C(C)C)C(=O)CCC(=O)O)CCN(CCNC(=O)C(C)C)C(=O)CCC(=O)O. The molecule has 0 unspecified atom stereocenters. The summed E-state index contributed by atoms with van der Waals surface area (Å²) in [5.74, 6) is -11.0. The number of carboxylic acids is 4. The Labute approximate surface area is 712 Å². The van der Waals surface area contributed by atoms with Crippen molar-refractivity contribution in [1.29, 1.82) is 0 Å². The Bertz CT molecular complexity index is 2730. The molecule has 0 radical (unpaired) electrons. The zero-order chi connectivity index (χ0) is 91.0. The summed E-state index contributed by atoms with van der Waals surface area (Å²) >= 11 is 0. The minimum Gasteiger partial charge on any atom is -0.481 e. The van der Waals surface area contributed by atoms with Crippen LogP contribution in [0, 0.1) is 47.3 Å². The number of carbonyl (C=O) groups is 16. The van der Waals surface area contributed by atoms with Gasteiger partial charge in [-0.25, -0.2) is 0 Å². The third kappa shape index (κ3) is 55.3. The van der Waals surface area contributed by atoms with Crippen LogP contribution in [0.4, 0.5) is 0 Å². The maximum absolute atomic E-state index is 13.9. The van der Waals surface area contributed by atoms with Gasteiger partial charge in [0.1, 0.15) is 0 Å². The molecule has 690 valence electrons. The van der Waals surface area contributed by atoms with Crippen molar-refractivity contribution in [2.75, 3.05) is 223 Å². The van der Waals surface area contributed by atoms with Gasteiger partial charge in [0, 0.05) is 296 Å². The van der Waals surface area contributed by atoms with Crippen LogP contribution in [0.25, 0.3) is 0 Å². The molecular weight excluding hydrogens is 1560 g/mol.